The Morgan fingerprint density at radius 1 is 1.13 bits per heavy atom. The molecule has 0 aliphatic heterocycles. The summed E-state index contributed by atoms with van der Waals surface area (Å²) in [5, 5.41) is 11.0. The van der Waals surface area contributed by atoms with Crippen molar-refractivity contribution in [3.05, 3.63) is 54.1 Å². The summed E-state index contributed by atoms with van der Waals surface area (Å²) in [6.45, 7) is 0.662. The molecule has 1 aromatic heterocycles. The third-order valence-electron chi connectivity index (χ3n) is 3.66. The Morgan fingerprint density at radius 3 is 2.61 bits per heavy atom. The maximum atomic E-state index is 12.1. The number of nitrogens with one attached hydrogen (secondary N) is 1. The van der Waals surface area contributed by atoms with Crippen LogP contribution in [0.1, 0.15) is 5.56 Å². The zero-order chi connectivity index (χ0) is 16.2. The number of rotatable bonds is 5. The topological polar surface area (TPSA) is 63.1 Å². The van der Waals surface area contributed by atoms with E-state index in [1.54, 1.807) is 4.68 Å². The second-order valence-corrected chi connectivity index (χ2v) is 5.57. The Kier molecular flexibility index (Phi) is 4.23. The molecule has 0 unspecified atom stereocenters. The van der Waals surface area contributed by atoms with Crippen LogP contribution in [-0.2, 0) is 17.9 Å². The maximum absolute atomic E-state index is 12.1. The zero-order valence-corrected chi connectivity index (χ0v) is 13.2. The third kappa shape index (κ3) is 3.48. The highest BCUT2D eigenvalue weighted by atomic mass is 16.2. The van der Waals surface area contributed by atoms with Crippen LogP contribution in [-0.4, -0.2) is 35.0 Å². The van der Waals surface area contributed by atoms with Crippen LogP contribution in [0.5, 0.6) is 0 Å². The summed E-state index contributed by atoms with van der Waals surface area (Å²) in [4.78, 5) is 14.1. The Labute approximate surface area is 134 Å². The monoisotopic (exact) mass is 309 g/mol. The second kappa shape index (κ2) is 6.48. The average Bonchev–Trinajstić information content (AvgIpc) is 2.96. The molecule has 0 saturated heterocycles. The summed E-state index contributed by atoms with van der Waals surface area (Å²) < 4.78 is 1.61. The Morgan fingerprint density at radius 2 is 1.87 bits per heavy atom. The van der Waals surface area contributed by atoms with Gasteiger partial charge >= 0.3 is 0 Å². The number of hydrogen-bond acceptors (Lipinski definition) is 4. The number of para-hydroxylation sites is 1. The molecule has 1 N–H and O–H groups in total. The van der Waals surface area contributed by atoms with Crippen molar-refractivity contribution in [2.75, 3.05) is 19.0 Å². The molecule has 0 aliphatic carbocycles. The highest BCUT2D eigenvalue weighted by Gasteiger charge is 2.08. The molecule has 6 heteroatoms. The molecule has 118 valence electrons. The number of nitrogens with zero attached hydrogens (tertiary/aromatic N) is 4. The summed E-state index contributed by atoms with van der Waals surface area (Å²) in [5.74, 6) is -0.0858. The van der Waals surface area contributed by atoms with Gasteiger partial charge in [0.25, 0.3) is 0 Å². The number of fused-ring (bicyclic) bond motifs is 1. The molecule has 3 aromatic rings. The summed E-state index contributed by atoms with van der Waals surface area (Å²) in [5.41, 5.74) is 3.85. The van der Waals surface area contributed by atoms with Gasteiger partial charge in [-0.25, -0.2) is 4.68 Å². The molecular formula is C17H19N5O. The number of aromatic nitrogens is 3. The van der Waals surface area contributed by atoms with Gasteiger partial charge in [-0.05, 0) is 29.8 Å². The van der Waals surface area contributed by atoms with Crippen molar-refractivity contribution in [3.8, 4) is 0 Å². The van der Waals surface area contributed by atoms with E-state index in [0.29, 0.717) is 6.54 Å². The lowest BCUT2D eigenvalue weighted by Crippen LogP contribution is -2.27. The summed E-state index contributed by atoms with van der Waals surface area (Å²) in [6.07, 6.45) is 0. The lowest BCUT2D eigenvalue weighted by Gasteiger charge is -2.13. The van der Waals surface area contributed by atoms with Crippen molar-refractivity contribution in [1.82, 2.24) is 20.3 Å². The smallest absolute Gasteiger partial charge is 0.242 e. The van der Waals surface area contributed by atoms with Gasteiger partial charge in [0.2, 0.25) is 5.91 Å². The van der Waals surface area contributed by atoms with Crippen LogP contribution in [0, 0.1) is 0 Å². The van der Waals surface area contributed by atoms with E-state index < -0.39 is 0 Å². The average molecular weight is 309 g/mol. The summed E-state index contributed by atoms with van der Waals surface area (Å²) >= 11 is 0. The molecule has 6 nitrogen and oxygen atoms in total. The fourth-order valence-electron chi connectivity index (χ4n) is 2.34. The Hall–Kier alpha value is -2.89. The van der Waals surface area contributed by atoms with E-state index in [0.717, 1.165) is 22.3 Å². The van der Waals surface area contributed by atoms with Crippen LogP contribution < -0.4 is 10.2 Å². The summed E-state index contributed by atoms with van der Waals surface area (Å²) in [7, 11) is 4.00. The van der Waals surface area contributed by atoms with E-state index in [1.165, 1.54) is 0 Å². The molecule has 0 radical (unpaired) electrons. The standard InChI is InChI=1S/C17H19N5O/c1-21(2)14-9-7-13(8-10-14)11-18-17(23)12-22-16-6-4-3-5-15(16)19-20-22/h3-10H,11-12H2,1-2H3,(H,18,23). The number of amides is 1. The van der Waals surface area contributed by atoms with Gasteiger partial charge in [0.05, 0.1) is 5.52 Å². The lowest BCUT2D eigenvalue weighted by molar-refractivity contribution is -0.121. The van der Waals surface area contributed by atoms with Gasteiger partial charge < -0.3 is 10.2 Å². The normalized spacial score (nSPS) is 10.7. The molecular weight excluding hydrogens is 290 g/mol. The Bertz CT molecular complexity index is 807. The molecule has 0 fully saturated rings. The van der Waals surface area contributed by atoms with Crippen LogP contribution in [0.3, 0.4) is 0 Å². The van der Waals surface area contributed by atoms with E-state index in [4.69, 9.17) is 0 Å². The fraction of sp³-hybridized carbons (Fsp3) is 0.235. The number of benzene rings is 2. The predicted octanol–water partition coefficient (Wildman–Crippen LogP) is 1.81. The van der Waals surface area contributed by atoms with Crippen molar-refractivity contribution >= 4 is 22.6 Å². The van der Waals surface area contributed by atoms with Crippen molar-refractivity contribution in [2.24, 2.45) is 0 Å². The fourth-order valence-corrected chi connectivity index (χ4v) is 2.34. The molecule has 0 bridgehead atoms. The van der Waals surface area contributed by atoms with Crippen LogP contribution in [0.15, 0.2) is 48.5 Å². The minimum atomic E-state index is -0.0858. The minimum absolute atomic E-state index is 0.0858. The van der Waals surface area contributed by atoms with Gasteiger partial charge in [0.1, 0.15) is 12.1 Å². The van der Waals surface area contributed by atoms with E-state index in [9.17, 15) is 4.79 Å². The van der Waals surface area contributed by atoms with Crippen LogP contribution in [0.25, 0.3) is 11.0 Å². The lowest BCUT2D eigenvalue weighted by atomic mass is 10.2. The van der Waals surface area contributed by atoms with E-state index in [-0.39, 0.29) is 12.5 Å². The quantitative estimate of drug-likeness (QED) is 0.781. The van der Waals surface area contributed by atoms with Gasteiger partial charge in [0.15, 0.2) is 0 Å². The Balaban J connectivity index is 1.59. The number of hydrogen-bond donors (Lipinski definition) is 1. The zero-order valence-electron chi connectivity index (χ0n) is 13.2. The molecule has 2 aromatic carbocycles. The summed E-state index contributed by atoms with van der Waals surface area (Å²) in [6, 6.07) is 15.7. The molecule has 23 heavy (non-hydrogen) atoms. The van der Waals surface area contributed by atoms with Gasteiger partial charge in [-0.15, -0.1) is 5.10 Å². The van der Waals surface area contributed by atoms with Crippen LogP contribution >= 0.6 is 0 Å². The predicted molar refractivity (Wildman–Crippen MR) is 90.1 cm³/mol. The van der Waals surface area contributed by atoms with Crippen molar-refractivity contribution in [2.45, 2.75) is 13.1 Å². The number of carbonyl (C=O) groups is 1. The van der Waals surface area contributed by atoms with Gasteiger partial charge in [-0.2, -0.15) is 0 Å². The molecule has 0 saturated carbocycles. The van der Waals surface area contributed by atoms with Crippen LogP contribution in [0.2, 0.25) is 0 Å². The third-order valence-corrected chi connectivity index (χ3v) is 3.66. The van der Waals surface area contributed by atoms with E-state index >= 15 is 0 Å². The van der Waals surface area contributed by atoms with Gasteiger partial charge in [0, 0.05) is 26.3 Å². The molecule has 1 amide bonds. The second-order valence-electron chi connectivity index (χ2n) is 5.57. The molecule has 0 atom stereocenters. The van der Waals surface area contributed by atoms with Crippen LogP contribution in [0.4, 0.5) is 5.69 Å². The van der Waals surface area contributed by atoms with E-state index in [1.807, 2.05) is 67.5 Å². The maximum Gasteiger partial charge on any atom is 0.242 e. The first-order valence-electron chi connectivity index (χ1n) is 7.44. The largest absolute Gasteiger partial charge is 0.378 e. The number of anilines is 1. The van der Waals surface area contributed by atoms with Crippen molar-refractivity contribution in [3.63, 3.8) is 0 Å². The molecule has 1 heterocycles. The molecule has 3 rings (SSSR count). The van der Waals surface area contributed by atoms with Crippen molar-refractivity contribution in [1.29, 1.82) is 0 Å². The highest BCUT2D eigenvalue weighted by molar-refractivity contribution is 5.79. The molecule has 0 aliphatic rings. The molecule has 0 spiro atoms. The van der Waals surface area contributed by atoms with Gasteiger partial charge in [-0.1, -0.05) is 29.5 Å². The van der Waals surface area contributed by atoms with Crippen molar-refractivity contribution < 1.29 is 4.79 Å². The van der Waals surface area contributed by atoms with Gasteiger partial charge in [-0.3, -0.25) is 4.79 Å². The minimum Gasteiger partial charge on any atom is -0.378 e. The SMILES string of the molecule is CN(C)c1ccc(CNC(=O)Cn2nnc3ccccc32)cc1. The first-order valence-corrected chi connectivity index (χ1v) is 7.44. The van der Waals surface area contributed by atoms with E-state index in [2.05, 4.69) is 15.6 Å². The highest BCUT2D eigenvalue weighted by Crippen LogP contribution is 2.12. The number of carbonyl (C=O) groups excluding carboxylic acids is 1. The first kappa shape index (κ1) is 15.0. The first-order chi connectivity index (χ1) is 11.1.